The third-order valence-corrected chi connectivity index (χ3v) is 2.69. The van der Waals surface area contributed by atoms with Gasteiger partial charge >= 0.3 is 5.97 Å². The molecule has 0 atom stereocenters. The third-order valence-electron chi connectivity index (χ3n) is 2.69. The number of benzene rings is 1. The van der Waals surface area contributed by atoms with Gasteiger partial charge in [-0.15, -0.1) is 5.10 Å². The first-order chi connectivity index (χ1) is 8.13. The van der Waals surface area contributed by atoms with E-state index >= 15 is 0 Å². The van der Waals surface area contributed by atoms with Crippen LogP contribution in [-0.4, -0.2) is 26.1 Å². The molecular formula is C12H13N3O2. The van der Waals surface area contributed by atoms with Crippen LogP contribution in [-0.2, 0) is 11.3 Å². The molecule has 0 aliphatic carbocycles. The van der Waals surface area contributed by atoms with E-state index in [2.05, 4.69) is 10.3 Å². The molecule has 5 nitrogen and oxygen atoms in total. The molecule has 1 N–H and O–H groups in total. The zero-order valence-electron chi connectivity index (χ0n) is 9.71. The van der Waals surface area contributed by atoms with Crippen molar-refractivity contribution in [2.24, 2.45) is 0 Å². The number of hydrogen-bond acceptors (Lipinski definition) is 3. The van der Waals surface area contributed by atoms with Gasteiger partial charge in [-0.2, -0.15) is 0 Å². The Morgan fingerprint density at radius 2 is 2.29 bits per heavy atom. The summed E-state index contributed by atoms with van der Waals surface area (Å²) in [6, 6.07) is 3.79. The van der Waals surface area contributed by atoms with Crippen LogP contribution in [0.5, 0.6) is 0 Å². The lowest BCUT2D eigenvalue weighted by atomic mass is 10.1. The van der Waals surface area contributed by atoms with Gasteiger partial charge in [-0.25, -0.2) is 9.48 Å². The van der Waals surface area contributed by atoms with Gasteiger partial charge in [-0.05, 0) is 37.1 Å². The maximum atomic E-state index is 10.5. The predicted octanol–water partition coefficient (Wildman–Crippen LogP) is 1.86. The van der Waals surface area contributed by atoms with E-state index < -0.39 is 5.97 Å². The van der Waals surface area contributed by atoms with Crippen LogP contribution >= 0.6 is 0 Å². The van der Waals surface area contributed by atoms with Gasteiger partial charge in [0.1, 0.15) is 5.52 Å². The molecule has 1 aromatic carbocycles. The summed E-state index contributed by atoms with van der Waals surface area (Å²) in [5.74, 6) is -0.957. The quantitative estimate of drug-likeness (QED) is 0.818. The highest BCUT2D eigenvalue weighted by molar-refractivity contribution is 5.88. The molecular weight excluding hydrogens is 218 g/mol. The molecule has 2 aromatic rings. The van der Waals surface area contributed by atoms with Crippen LogP contribution in [0.1, 0.15) is 18.1 Å². The average Bonchev–Trinajstić information content (AvgIpc) is 2.71. The summed E-state index contributed by atoms with van der Waals surface area (Å²) >= 11 is 0. The highest BCUT2D eigenvalue weighted by Gasteiger charge is 2.07. The first kappa shape index (κ1) is 11.3. The fourth-order valence-electron chi connectivity index (χ4n) is 1.76. The van der Waals surface area contributed by atoms with Crippen molar-refractivity contribution in [1.82, 2.24) is 15.0 Å². The summed E-state index contributed by atoms with van der Waals surface area (Å²) in [4.78, 5) is 10.5. The SMILES string of the molecule is CCn1nnc2c(C)c(C=CC(=O)O)ccc21. The molecule has 5 heteroatoms. The molecule has 1 heterocycles. The van der Waals surface area contributed by atoms with Gasteiger partial charge in [0.2, 0.25) is 0 Å². The van der Waals surface area contributed by atoms with E-state index in [1.54, 1.807) is 6.08 Å². The van der Waals surface area contributed by atoms with Crippen molar-refractivity contribution in [1.29, 1.82) is 0 Å². The largest absolute Gasteiger partial charge is 0.478 e. The number of nitrogens with zero attached hydrogens (tertiary/aromatic N) is 3. The van der Waals surface area contributed by atoms with Gasteiger partial charge < -0.3 is 5.11 Å². The molecule has 0 saturated heterocycles. The van der Waals surface area contributed by atoms with Crippen molar-refractivity contribution in [3.8, 4) is 0 Å². The van der Waals surface area contributed by atoms with E-state index in [0.717, 1.165) is 34.8 Å². The summed E-state index contributed by atoms with van der Waals surface area (Å²) in [5, 5.41) is 16.7. The molecule has 0 aliphatic rings. The lowest BCUT2D eigenvalue weighted by molar-refractivity contribution is -0.131. The molecule has 0 fully saturated rings. The number of carboxylic acids is 1. The summed E-state index contributed by atoms with van der Waals surface area (Å²) in [7, 11) is 0. The molecule has 0 aliphatic heterocycles. The van der Waals surface area contributed by atoms with E-state index in [1.807, 2.05) is 30.7 Å². The molecule has 0 radical (unpaired) electrons. The van der Waals surface area contributed by atoms with E-state index in [4.69, 9.17) is 5.11 Å². The van der Waals surface area contributed by atoms with Crippen LogP contribution in [0, 0.1) is 6.92 Å². The van der Waals surface area contributed by atoms with E-state index in [-0.39, 0.29) is 0 Å². The number of carbonyl (C=O) groups is 1. The smallest absolute Gasteiger partial charge is 0.328 e. The zero-order valence-corrected chi connectivity index (χ0v) is 9.71. The van der Waals surface area contributed by atoms with Gasteiger partial charge in [0.05, 0.1) is 5.52 Å². The fraction of sp³-hybridized carbons (Fsp3) is 0.250. The van der Waals surface area contributed by atoms with Crippen LogP contribution in [0.4, 0.5) is 0 Å². The van der Waals surface area contributed by atoms with Crippen LogP contribution in [0.3, 0.4) is 0 Å². The molecule has 88 valence electrons. The number of hydrogen-bond donors (Lipinski definition) is 1. The van der Waals surface area contributed by atoms with Crippen LogP contribution in [0.2, 0.25) is 0 Å². The van der Waals surface area contributed by atoms with Gasteiger partial charge in [-0.3, -0.25) is 0 Å². The maximum absolute atomic E-state index is 10.5. The van der Waals surface area contributed by atoms with Crippen LogP contribution < -0.4 is 0 Å². The van der Waals surface area contributed by atoms with Crippen molar-refractivity contribution in [3.63, 3.8) is 0 Å². The summed E-state index contributed by atoms with van der Waals surface area (Å²) < 4.78 is 1.81. The Bertz CT molecular complexity index is 599. The minimum atomic E-state index is -0.957. The summed E-state index contributed by atoms with van der Waals surface area (Å²) in [5.41, 5.74) is 3.58. The van der Waals surface area contributed by atoms with E-state index in [0.29, 0.717) is 0 Å². The van der Waals surface area contributed by atoms with Crippen molar-refractivity contribution in [2.75, 3.05) is 0 Å². The molecule has 1 aromatic heterocycles. The van der Waals surface area contributed by atoms with Crippen LogP contribution in [0.25, 0.3) is 17.1 Å². The monoisotopic (exact) mass is 231 g/mol. The highest BCUT2D eigenvalue weighted by atomic mass is 16.4. The topological polar surface area (TPSA) is 68.0 Å². The Morgan fingerprint density at radius 1 is 1.53 bits per heavy atom. The molecule has 17 heavy (non-hydrogen) atoms. The lowest BCUT2D eigenvalue weighted by Gasteiger charge is -2.01. The molecule has 0 saturated carbocycles. The van der Waals surface area contributed by atoms with Crippen molar-refractivity contribution in [2.45, 2.75) is 20.4 Å². The number of rotatable bonds is 3. The summed E-state index contributed by atoms with van der Waals surface area (Å²) in [6.07, 6.45) is 2.69. The number of fused-ring (bicyclic) bond motifs is 1. The second-order valence-corrected chi connectivity index (χ2v) is 3.72. The standard InChI is InChI=1S/C12H13N3O2/c1-3-15-10-6-4-9(5-7-11(16)17)8(2)12(10)13-14-15/h4-7H,3H2,1-2H3,(H,16,17). The van der Waals surface area contributed by atoms with Crippen LogP contribution in [0.15, 0.2) is 18.2 Å². The van der Waals surface area contributed by atoms with Crippen molar-refractivity contribution >= 4 is 23.1 Å². The fourth-order valence-corrected chi connectivity index (χ4v) is 1.76. The molecule has 2 rings (SSSR count). The van der Waals surface area contributed by atoms with Crippen molar-refractivity contribution < 1.29 is 9.90 Å². The number of carboxylic acid groups (broad SMARTS) is 1. The molecule has 0 unspecified atom stereocenters. The first-order valence-electron chi connectivity index (χ1n) is 5.37. The Hall–Kier alpha value is -2.17. The maximum Gasteiger partial charge on any atom is 0.328 e. The molecule has 0 bridgehead atoms. The van der Waals surface area contributed by atoms with Crippen molar-refractivity contribution in [3.05, 3.63) is 29.3 Å². The minimum Gasteiger partial charge on any atom is -0.478 e. The third kappa shape index (κ3) is 2.04. The van der Waals surface area contributed by atoms with Gasteiger partial charge in [0, 0.05) is 12.6 Å². The second kappa shape index (κ2) is 4.37. The number of aromatic nitrogens is 3. The highest BCUT2D eigenvalue weighted by Crippen LogP contribution is 2.20. The van der Waals surface area contributed by atoms with E-state index in [9.17, 15) is 4.79 Å². The Morgan fingerprint density at radius 3 is 2.94 bits per heavy atom. The summed E-state index contributed by atoms with van der Waals surface area (Å²) in [6.45, 7) is 4.68. The minimum absolute atomic E-state index is 0.764. The Kier molecular flexibility index (Phi) is 2.91. The van der Waals surface area contributed by atoms with Gasteiger partial charge in [0.15, 0.2) is 0 Å². The van der Waals surface area contributed by atoms with E-state index in [1.165, 1.54) is 0 Å². The Labute approximate surface area is 98.4 Å². The normalized spacial score (nSPS) is 11.4. The lowest BCUT2D eigenvalue weighted by Crippen LogP contribution is -1.95. The molecule has 0 spiro atoms. The zero-order chi connectivity index (χ0) is 12.4. The second-order valence-electron chi connectivity index (χ2n) is 3.72. The van der Waals surface area contributed by atoms with Gasteiger partial charge in [-0.1, -0.05) is 11.3 Å². The predicted molar refractivity (Wildman–Crippen MR) is 64.6 cm³/mol. The first-order valence-corrected chi connectivity index (χ1v) is 5.37. The van der Waals surface area contributed by atoms with Gasteiger partial charge in [0.25, 0.3) is 0 Å². The Balaban J connectivity index is 2.54. The number of aryl methyl sites for hydroxylation is 2. The average molecular weight is 231 g/mol. The number of aliphatic carboxylic acids is 1. The molecule has 0 amide bonds.